The van der Waals surface area contributed by atoms with Crippen LogP contribution in [0.3, 0.4) is 0 Å². The van der Waals surface area contributed by atoms with Crippen molar-refractivity contribution in [1.29, 1.82) is 0 Å². The molecule has 4 aromatic heterocycles. The van der Waals surface area contributed by atoms with Crippen LogP contribution in [-0.4, -0.2) is 24.9 Å². The molecule has 0 amide bonds. The number of rotatable bonds is 2. The maximum atomic E-state index is 4.87. The fourth-order valence-electron chi connectivity index (χ4n) is 3.78. The van der Waals surface area contributed by atoms with Gasteiger partial charge < -0.3 is 0 Å². The molecule has 6 rings (SSSR count). The molecule has 4 heterocycles. The predicted octanol–water partition coefficient (Wildman–Crippen LogP) is 5.83. The highest BCUT2D eigenvalue weighted by Crippen LogP contribution is 2.31. The van der Waals surface area contributed by atoms with E-state index in [1.807, 2.05) is 31.2 Å². The minimum absolute atomic E-state index is 0.693. The Morgan fingerprint density at radius 2 is 1.70 bits per heavy atom. The SMILES string of the molecule is Cc1nc(-c2ccnc(-c3nc4cccnc4s3)c2)nc2ccc3ccccc3c12. The summed E-state index contributed by atoms with van der Waals surface area (Å²) in [5.74, 6) is 0.693. The lowest BCUT2D eigenvalue weighted by atomic mass is 10.0. The molecule has 0 unspecified atom stereocenters. The lowest BCUT2D eigenvalue weighted by molar-refractivity contribution is 1.16. The summed E-state index contributed by atoms with van der Waals surface area (Å²) in [7, 11) is 0. The van der Waals surface area contributed by atoms with Crippen molar-refractivity contribution in [3.05, 3.63) is 78.8 Å². The Hall–Kier alpha value is -3.77. The van der Waals surface area contributed by atoms with E-state index in [0.29, 0.717) is 5.82 Å². The van der Waals surface area contributed by atoms with E-state index in [2.05, 4.69) is 51.4 Å². The second kappa shape index (κ2) is 6.64. The number of hydrogen-bond acceptors (Lipinski definition) is 6. The molecule has 30 heavy (non-hydrogen) atoms. The van der Waals surface area contributed by atoms with Crippen LogP contribution in [0.5, 0.6) is 0 Å². The van der Waals surface area contributed by atoms with Crippen molar-refractivity contribution in [2.24, 2.45) is 0 Å². The zero-order valence-corrected chi connectivity index (χ0v) is 16.9. The molecule has 0 aliphatic rings. The van der Waals surface area contributed by atoms with Gasteiger partial charge in [-0.1, -0.05) is 41.7 Å². The van der Waals surface area contributed by atoms with Gasteiger partial charge in [0.2, 0.25) is 0 Å². The number of fused-ring (bicyclic) bond motifs is 4. The lowest BCUT2D eigenvalue weighted by Crippen LogP contribution is -1.96. The quantitative estimate of drug-likeness (QED) is 0.339. The van der Waals surface area contributed by atoms with Crippen molar-refractivity contribution in [1.82, 2.24) is 24.9 Å². The molecule has 2 aromatic carbocycles. The maximum absolute atomic E-state index is 4.87. The second-order valence-corrected chi connectivity index (χ2v) is 8.07. The van der Waals surface area contributed by atoms with E-state index in [-0.39, 0.29) is 0 Å². The van der Waals surface area contributed by atoms with Gasteiger partial charge in [0.05, 0.1) is 11.2 Å². The van der Waals surface area contributed by atoms with Crippen molar-refractivity contribution >= 4 is 43.4 Å². The summed E-state index contributed by atoms with van der Waals surface area (Å²) in [6, 6.07) is 20.3. The van der Waals surface area contributed by atoms with E-state index in [1.54, 1.807) is 12.4 Å². The van der Waals surface area contributed by atoms with Crippen molar-refractivity contribution in [3.8, 4) is 22.1 Å². The summed E-state index contributed by atoms with van der Waals surface area (Å²) in [5, 5.41) is 4.31. The predicted molar refractivity (Wildman–Crippen MR) is 121 cm³/mol. The zero-order chi connectivity index (χ0) is 20.1. The summed E-state index contributed by atoms with van der Waals surface area (Å²) in [4.78, 5) is 24.2. The van der Waals surface area contributed by atoms with Crippen LogP contribution in [-0.2, 0) is 0 Å². The van der Waals surface area contributed by atoms with Crippen molar-refractivity contribution < 1.29 is 0 Å². The van der Waals surface area contributed by atoms with Gasteiger partial charge in [-0.25, -0.2) is 19.9 Å². The number of pyridine rings is 2. The fourth-order valence-corrected chi connectivity index (χ4v) is 4.66. The van der Waals surface area contributed by atoms with Crippen LogP contribution in [0.1, 0.15) is 5.69 Å². The topological polar surface area (TPSA) is 64.5 Å². The van der Waals surface area contributed by atoms with Gasteiger partial charge in [-0.3, -0.25) is 4.98 Å². The molecule has 0 N–H and O–H groups in total. The van der Waals surface area contributed by atoms with Gasteiger partial charge in [-0.15, -0.1) is 0 Å². The first-order valence-electron chi connectivity index (χ1n) is 9.61. The first kappa shape index (κ1) is 17.1. The van der Waals surface area contributed by atoms with Gasteiger partial charge in [0.25, 0.3) is 0 Å². The third-order valence-corrected chi connectivity index (χ3v) is 6.17. The molecule has 5 nitrogen and oxygen atoms in total. The van der Waals surface area contributed by atoms with Gasteiger partial charge in [0.1, 0.15) is 15.4 Å². The Morgan fingerprint density at radius 3 is 2.63 bits per heavy atom. The van der Waals surface area contributed by atoms with Crippen molar-refractivity contribution in [2.45, 2.75) is 6.92 Å². The molecule has 0 radical (unpaired) electrons. The van der Waals surface area contributed by atoms with Gasteiger partial charge in [-0.2, -0.15) is 0 Å². The number of benzene rings is 2. The van der Waals surface area contributed by atoms with Crippen LogP contribution in [0.4, 0.5) is 0 Å². The molecule has 0 fully saturated rings. The Kier molecular flexibility index (Phi) is 3.79. The fraction of sp³-hybridized carbons (Fsp3) is 0.0417. The average molecular weight is 405 g/mol. The van der Waals surface area contributed by atoms with Crippen molar-refractivity contribution in [3.63, 3.8) is 0 Å². The van der Waals surface area contributed by atoms with Crippen LogP contribution < -0.4 is 0 Å². The molecule has 0 saturated heterocycles. The van der Waals surface area contributed by atoms with E-state index < -0.39 is 0 Å². The highest BCUT2D eigenvalue weighted by molar-refractivity contribution is 7.21. The summed E-state index contributed by atoms with van der Waals surface area (Å²) in [5.41, 5.74) is 4.52. The number of thiazole rings is 1. The number of hydrogen-bond donors (Lipinski definition) is 0. The molecule has 0 atom stereocenters. The minimum Gasteiger partial charge on any atom is -0.254 e. The summed E-state index contributed by atoms with van der Waals surface area (Å²) >= 11 is 1.54. The smallest absolute Gasteiger partial charge is 0.160 e. The molecule has 0 spiro atoms. The Balaban J connectivity index is 1.50. The van der Waals surface area contributed by atoms with Gasteiger partial charge in [0, 0.05) is 29.0 Å². The summed E-state index contributed by atoms with van der Waals surface area (Å²) < 4.78 is 0. The highest BCUT2D eigenvalue weighted by atomic mass is 32.1. The van der Waals surface area contributed by atoms with Crippen LogP contribution in [0.2, 0.25) is 0 Å². The van der Waals surface area contributed by atoms with E-state index >= 15 is 0 Å². The third-order valence-electron chi connectivity index (χ3n) is 5.17. The van der Waals surface area contributed by atoms with E-state index in [9.17, 15) is 0 Å². The van der Waals surface area contributed by atoms with Gasteiger partial charge >= 0.3 is 0 Å². The monoisotopic (exact) mass is 405 g/mol. The number of nitrogens with zero attached hydrogens (tertiary/aromatic N) is 5. The summed E-state index contributed by atoms with van der Waals surface area (Å²) in [6.07, 6.45) is 3.57. The molecule has 0 bridgehead atoms. The third kappa shape index (κ3) is 2.73. The van der Waals surface area contributed by atoms with E-state index in [4.69, 9.17) is 9.97 Å². The van der Waals surface area contributed by atoms with Crippen LogP contribution in [0, 0.1) is 6.92 Å². The largest absolute Gasteiger partial charge is 0.254 e. The highest BCUT2D eigenvalue weighted by Gasteiger charge is 2.13. The van der Waals surface area contributed by atoms with Crippen LogP contribution in [0.15, 0.2) is 73.1 Å². The minimum atomic E-state index is 0.693. The zero-order valence-electron chi connectivity index (χ0n) is 16.1. The first-order valence-corrected chi connectivity index (χ1v) is 10.4. The molecule has 0 aliphatic carbocycles. The Morgan fingerprint density at radius 1 is 0.767 bits per heavy atom. The van der Waals surface area contributed by atoms with Crippen LogP contribution >= 0.6 is 11.3 Å². The molecule has 142 valence electrons. The first-order chi connectivity index (χ1) is 14.8. The standard InChI is InChI=1S/C24H15N5S/c1-14-21-17-6-3-2-5-15(17)8-9-18(21)28-22(27-14)16-10-12-25-20(13-16)24-29-19-7-4-11-26-23(19)30-24/h2-13H,1H3. The van der Waals surface area contributed by atoms with E-state index in [0.717, 1.165) is 43.2 Å². The van der Waals surface area contributed by atoms with Gasteiger partial charge in [-0.05, 0) is 48.0 Å². The molecule has 6 aromatic rings. The molecule has 0 saturated carbocycles. The number of aryl methyl sites for hydroxylation is 1. The molecule has 6 heteroatoms. The van der Waals surface area contributed by atoms with Crippen LogP contribution in [0.25, 0.3) is 54.1 Å². The molecule has 0 aliphatic heterocycles. The van der Waals surface area contributed by atoms with E-state index in [1.165, 1.54) is 22.1 Å². The Bertz CT molecular complexity index is 1540. The Labute approximate surface area is 176 Å². The maximum Gasteiger partial charge on any atom is 0.160 e. The second-order valence-electron chi connectivity index (χ2n) is 7.09. The van der Waals surface area contributed by atoms with Gasteiger partial charge in [0.15, 0.2) is 5.82 Å². The normalized spacial score (nSPS) is 11.5. The number of aromatic nitrogens is 5. The average Bonchev–Trinajstić information content (AvgIpc) is 3.23. The lowest BCUT2D eigenvalue weighted by Gasteiger charge is -2.09. The summed E-state index contributed by atoms with van der Waals surface area (Å²) in [6.45, 7) is 2.04. The molecular weight excluding hydrogens is 390 g/mol. The molecular formula is C24H15N5S. The van der Waals surface area contributed by atoms with Crippen molar-refractivity contribution in [2.75, 3.05) is 0 Å².